The lowest BCUT2D eigenvalue weighted by Gasteiger charge is -2.36. The number of hydrogen-bond donors (Lipinski definition) is 0. The topological polar surface area (TPSA) is 70.0 Å². The molecule has 0 bridgehead atoms. The van der Waals surface area contributed by atoms with Crippen LogP contribution in [0.4, 0.5) is 0 Å². The predicted molar refractivity (Wildman–Crippen MR) is 141 cm³/mol. The highest BCUT2D eigenvalue weighted by Crippen LogP contribution is 2.40. The second-order valence-corrected chi connectivity index (χ2v) is 10.5. The Morgan fingerprint density at radius 2 is 1.51 bits per heavy atom. The van der Waals surface area contributed by atoms with Crippen LogP contribution in [0.3, 0.4) is 0 Å². The number of aromatic nitrogens is 4. The highest BCUT2D eigenvalue weighted by molar-refractivity contribution is 9.10. The first-order valence-corrected chi connectivity index (χ1v) is 12.4. The fraction of sp³-hybridized carbons (Fsp3) is 0.231. The molecule has 1 fully saturated rings. The molecule has 9 heteroatoms. The van der Waals surface area contributed by atoms with E-state index in [-0.39, 0.29) is 5.28 Å². The Balaban J connectivity index is 1.37. The third-order valence-electron chi connectivity index (χ3n) is 6.43. The summed E-state index contributed by atoms with van der Waals surface area (Å²) in [7, 11) is -0.483. The summed E-state index contributed by atoms with van der Waals surface area (Å²) in [6, 6.07) is 19.8. The van der Waals surface area contributed by atoms with Crippen molar-refractivity contribution < 1.29 is 9.31 Å². The molecule has 1 aliphatic rings. The number of rotatable bonds is 5. The molecule has 0 N–H and O–H groups in total. The maximum absolute atomic E-state index is 6.47. The molecule has 35 heavy (non-hydrogen) atoms. The van der Waals surface area contributed by atoms with Crippen LogP contribution >= 0.6 is 27.5 Å². The number of pyridine rings is 1. The Labute approximate surface area is 218 Å². The lowest BCUT2D eigenvalue weighted by molar-refractivity contribution is -0.00876. The summed E-state index contributed by atoms with van der Waals surface area (Å²) in [5, 5.41) is 0.164. The van der Waals surface area contributed by atoms with Crippen molar-refractivity contribution in [1.82, 2.24) is 19.9 Å². The van der Waals surface area contributed by atoms with E-state index in [9.17, 15) is 0 Å². The van der Waals surface area contributed by atoms with Gasteiger partial charge in [-0.15, -0.1) is 0 Å². The second kappa shape index (κ2) is 9.43. The summed E-state index contributed by atoms with van der Waals surface area (Å²) < 4.78 is 13.7. The van der Waals surface area contributed by atoms with Crippen LogP contribution in [0.5, 0.6) is 0 Å². The smallest absolute Gasteiger partial charge is 0.399 e. The van der Waals surface area contributed by atoms with Gasteiger partial charge in [0.1, 0.15) is 0 Å². The van der Waals surface area contributed by atoms with Crippen molar-refractivity contribution in [2.45, 2.75) is 38.4 Å². The third kappa shape index (κ3) is 5.02. The van der Waals surface area contributed by atoms with Gasteiger partial charge in [0.05, 0.1) is 11.2 Å². The van der Waals surface area contributed by atoms with Gasteiger partial charge in [0.25, 0.3) is 0 Å². The van der Waals surface area contributed by atoms with E-state index in [1.54, 1.807) is 12.4 Å². The lowest BCUT2D eigenvalue weighted by Crippen LogP contribution is -2.46. The highest BCUT2D eigenvalue weighted by Gasteiger charge is 2.54. The van der Waals surface area contributed by atoms with Crippen molar-refractivity contribution in [2.75, 3.05) is 0 Å². The van der Waals surface area contributed by atoms with E-state index in [0.717, 1.165) is 26.6 Å². The minimum atomic E-state index is -0.543. The molecule has 2 aromatic heterocycles. The summed E-state index contributed by atoms with van der Waals surface area (Å²) in [4.78, 5) is 17.5. The summed E-state index contributed by atoms with van der Waals surface area (Å²) in [5.41, 5.74) is 2.69. The van der Waals surface area contributed by atoms with Crippen LogP contribution in [-0.2, 0) is 15.7 Å². The third-order valence-corrected chi connectivity index (χ3v) is 7.04. The summed E-state index contributed by atoms with van der Waals surface area (Å²) >= 11 is 9.69. The van der Waals surface area contributed by atoms with Crippen molar-refractivity contribution in [1.29, 1.82) is 0 Å². The molecule has 4 aromatic rings. The van der Waals surface area contributed by atoms with Crippen LogP contribution in [0.15, 0.2) is 77.5 Å². The fourth-order valence-electron chi connectivity index (χ4n) is 4.10. The van der Waals surface area contributed by atoms with Gasteiger partial charge in [-0.25, -0.2) is 4.98 Å². The molecular weight excluding hydrogens is 526 g/mol. The molecule has 5 rings (SSSR count). The normalized spacial score (nSPS) is 19.2. The number of benzene rings is 2. The SMILES string of the molecule is CC1(C)OB(c2cncc(Br)c2)OC1(C)Cc1ccc(-c2nc(Cl)nc(-c3ccccc3)n2)cc1. The van der Waals surface area contributed by atoms with Crippen LogP contribution in [0.25, 0.3) is 22.8 Å². The van der Waals surface area contributed by atoms with Gasteiger partial charge in [0.15, 0.2) is 11.6 Å². The summed E-state index contributed by atoms with van der Waals surface area (Å²) in [6.45, 7) is 6.21. The van der Waals surface area contributed by atoms with E-state index in [0.29, 0.717) is 18.1 Å². The monoisotopic (exact) mass is 548 g/mol. The molecule has 0 saturated carbocycles. The zero-order valence-electron chi connectivity index (χ0n) is 19.6. The van der Waals surface area contributed by atoms with E-state index >= 15 is 0 Å². The minimum absolute atomic E-state index is 0.164. The predicted octanol–water partition coefficient (Wildman–Crippen LogP) is 5.54. The molecule has 3 heterocycles. The molecule has 1 unspecified atom stereocenters. The van der Waals surface area contributed by atoms with Crippen molar-refractivity contribution in [3.63, 3.8) is 0 Å². The van der Waals surface area contributed by atoms with E-state index in [1.165, 1.54) is 0 Å². The molecule has 0 spiro atoms. The van der Waals surface area contributed by atoms with Gasteiger partial charge >= 0.3 is 7.12 Å². The van der Waals surface area contributed by atoms with Crippen molar-refractivity contribution in [3.05, 3.63) is 88.4 Å². The van der Waals surface area contributed by atoms with E-state index in [2.05, 4.69) is 68.8 Å². The highest BCUT2D eigenvalue weighted by atomic mass is 79.9. The van der Waals surface area contributed by atoms with E-state index in [4.69, 9.17) is 20.9 Å². The quantitative estimate of drug-likeness (QED) is 0.305. The zero-order chi connectivity index (χ0) is 24.6. The molecule has 0 radical (unpaired) electrons. The molecule has 6 nitrogen and oxygen atoms in total. The molecule has 0 aliphatic carbocycles. The maximum atomic E-state index is 6.47. The van der Waals surface area contributed by atoms with Gasteiger partial charge in [-0.1, -0.05) is 54.6 Å². The van der Waals surface area contributed by atoms with Crippen LogP contribution in [0.1, 0.15) is 26.3 Å². The average molecular weight is 550 g/mol. The Bertz CT molecular complexity index is 1360. The van der Waals surface area contributed by atoms with Crippen molar-refractivity contribution in [3.8, 4) is 22.8 Å². The Hall–Kier alpha value is -2.65. The van der Waals surface area contributed by atoms with Crippen LogP contribution < -0.4 is 5.46 Å². The van der Waals surface area contributed by atoms with Gasteiger partial charge in [0.2, 0.25) is 5.28 Å². The lowest BCUT2D eigenvalue weighted by atomic mass is 9.80. The van der Waals surface area contributed by atoms with E-state index < -0.39 is 18.3 Å². The first kappa shape index (κ1) is 24.1. The van der Waals surface area contributed by atoms with Crippen LogP contribution in [-0.4, -0.2) is 38.3 Å². The number of hydrogen-bond acceptors (Lipinski definition) is 6. The minimum Gasteiger partial charge on any atom is -0.399 e. The molecule has 0 amide bonds. The summed E-state index contributed by atoms with van der Waals surface area (Å²) in [6.07, 6.45) is 4.19. The largest absolute Gasteiger partial charge is 0.496 e. The Kier molecular flexibility index (Phi) is 6.48. The summed E-state index contributed by atoms with van der Waals surface area (Å²) in [5.74, 6) is 1.08. The van der Waals surface area contributed by atoms with Gasteiger partial charge in [-0.3, -0.25) is 4.98 Å². The van der Waals surface area contributed by atoms with Gasteiger partial charge in [-0.05, 0) is 59.9 Å². The fourth-order valence-corrected chi connectivity index (χ4v) is 4.64. The molecule has 2 aromatic carbocycles. The van der Waals surface area contributed by atoms with Gasteiger partial charge in [0, 0.05) is 39.9 Å². The molecule has 176 valence electrons. The first-order valence-electron chi connectivity index (χ1n) is 11.2. The van der Waals surface area contributed by atoms with Crippen molar-refractivity contribution in [2.24, 2.45) is 0 Å². The molecular formula is C26H23BBrClN4O2. The standard InChI is InChI=1S/C26H23BBrClN4O2/c1-25(2)26(3,35-27(34-25)20-13-21(28)16-30-15-20)14-17-9-11-19(12-10-17)23-31-22(32-24(29)33-23)18-7-5-4-6-8-18/h4-13,15-16H,14H2,1-3H3. The first-order chi connectivity index (χ1) is 16.7. The Morgan fingerprint density at radius 3 is 2.17 bits per heavy atom. The second-order valence-electron chi connectivity index (χ2n) is 9.24. The van der Waals surface area contributed by atoms with Crippen LogP contribution in [0.2, 0.25) is 5.28 Å². The number of halogens is 2. The van der Waals surface area contributed by atoms with Gasteiger partial charge in [-0.2, -0.15) is 9.97 Å². The molecule has 1 aliphatic heterocycles. The zero-order valence-corrected chi connectivity index (χ0v) is 21.9. The molecule has 1 atom stereocenters. The average Bonchev–Trinajstić information content (AvgIpc) is 3.08. The molecule has 1 saturated heterocycles. The number of nitrogens with zero attached hydrogens (tertiary/aromatic N) is 4. The maximum Gasteiger partial charge on any atom is 0.496 e. The van der Waals surface area contributed by atoms with Gasteiger partial charge < -0.3 is 9.31 Å². The van der Waals surface area contributed by atoms with E-state index in [1.807, 2.05) is 48.5 Å². The Morgan fingerprint density at radius 1 is 0.857 bits per heavy atom. The van der Waals surface area contributed by atoms with Crippen molar-refractivity contribution >= 4 is 40.1 Å². The van der Waals surface area contributed by atoms with Crippen LogP contribution in [0, 0.1) is 0 Å².